The number of nitrogens with two attached hydrogens (primary N) is 1. The van der Waals surface area contributed by atoms with Crippen LogP contribution in [0.4, 0.5) is 5.69 Å². The number of amides is 1. The van der Waals surface area contributed by atoms with Crippen LogP contribution < -0.4 is 21.3 Å². The zero-order valence-corrected chi connectivity index (χ0v) is 14.9. The molecule has 2 aromatic rings. The Bertz CT molecular complexity index is 756. The average molecular weight is 355 g/mol. The van der Waals surface area contributed by atoms with E-state index in [1.54, 1.807) is 12.1 Å². The van der Waals surface area contributed by atoms with E-state index in [1.807, 2.05) is 13.0 Å². The van der Waals surface area contributed by atoms with Crippen molar-refractivity contribution < 1.29 is 9.21 Å². The van der Waals surface area contributed by atoms with Gasteiger partial charge in [0.25, 0.3) is 5.91 Å². The van der Waals surface area contributed by atoms with Crippen LogP contribution in [0.2, 0.25) is 0 Å². The minimum Gasteiger partial charge on any atom is -0.454 e. The zero-order valence-electron chi connectivity index (χ0n) is 14.9. The summed E-state index contributed by atoms with van der Waals surface area (Å²) in [6.45, 7) is 5.09. The number of primary amides is 1. The van der Waals surface area contributed by atoms with Gasteiger partial charge in [-0.2, -0.15) is 0 Å². The molecule has 1 amide bonds. The van der Waals surface area contributed by atoms with Gasteiger partial charge in [0.05, 0.1) is 0 Å². The number of para-hydroxylation sites is 1. The summed E-state index contributed by atoms with van der Waals surface area (Å²) in [7, 11) is 0. The molecule has 0 spiro atoms. The van der Waals surface area contributed by atoms with Crippen LogP contribution in [0.15, 0.2) is 51.9 Å². The van der Waals surface area contributed by atoms with Gasteiger partial charge in [-0.05, 0) is 37.6 Å². The third-order valence-electron chi connectivity index (χ3n) is 4.29. The van der Waals surface area contributed by atoms with Crippen LogP contribution in [0.1, 0.15) is 29.7 Å². The second-order valence-electron chi connectivity index (χ2n) is 6.24. The number of carbonyl (C=O) groups is 1. The van der Waals surface area contributed by atoms with Crippen molar-refractivity contribution in [2.24, 2.45) is 10.7 Å². The molecule has 7 heteroatoms. The molecule has 1 aliphatic rings. The molecule has 1 saturated heterocycles. The topological polar surface area (TPSA) is 95.9 Å². The summed E-state index contributed by atoms with van der Waals surface area (Å²) in [5.74, 6) is 0.928. The number of nitrogens with one attached hydrogen (secondary N) is 2. The van der Waals surface area contributed by atoms with Crippen molar-refractivity contribution in [3.8, 4) is 0 Å². The van der Waals surface area contributed by atoms with E-state index in [0.29, 0.717) is 18.3 Å². The van der Waals surface area contributed by atoms with Gasteiger partial charge < -0.3 is 25.7 Å². The lowest BCUT2D eigenvalue weighted by Crippen LogP contribution is -2.44. The summed E-state index contributed by atoms with van der Waals surface area (Å²) < 4.78 is 5.37. The lowest BCUT2D eigenvalue weighted by atomic mass is 10.3. The molecule has 1 fully saturated rings. The number of hydrogen-bond acceptors (Lipinski definition) is 4. The monoisotopic (exact) mass is 355 g/mol. The Kier molecular flexibility index (Phi) is 5.78. The molecule has 0 saturated carbocycles. The van der Waals surface area contributed by atoms with E-state index in [9.17, 15) is 4.79 Å². The highest BCUT2D eigenvalue weighted by molar-refractivity contribution is 5.89. The molecule has 2 heterocycles. The third-order valence-corrected chi connectivity index (χ3v) is 4.29. The molecule has 3 rings (SSSR count). The minimum atomic E-state index is -0.572. The molecule has 0 radical (unpaired) electrons. The van der Waals surface area contributed by atoms with Crippen molar-refractivity contribution in [2.75, 3.05) is 24.5 Å². The smallest absolute Gasteiger partial charge is 0.284 e. The average Bonchev–Trinajstić information content (AvgIpc) is 3.30. The maximum Gasteiger partial charge on any atom is 0.284 e. The number of carbonyl (C=O) groups excluding carboxylic acids is 1. The van der Waals surface area contributed by atoms with Gasteiger partial charge in [-0.15, -0.1) is 0 Å². The molecule has 1 unspecified atom stereocenters. The van der Waals surface area contributed by atoms with Gasteiger partial charge in [-0.3, -0.25) is 4.79 Å². The van der Waals surface area contributed by atoms with E-state index < -0.39 is 5.91 Å². The summed E-state index contributed by atoms with van der Waals surface area (Å²) in [5, 5.41) is 6.73. The predicted octanol–water partition coefficient (Wildman–Crippen LogP) is 1.71. The standard InChI is InChI=1S/C19H25N5O2/c1-2-21-19(22-12-16-8-9-17(26-16)18(20)25)23-14-10-11-24(13-14)15-6-4-3-5-7-15/h3-9,14H,2,10-13H2,1H3,(H2,20,25)(H2,21,22,23). The number of nitrogens with zero attached hydrogens (tertiary/aromatic N) is 2. The second kappa shape index (κ2) is 8.42. The number of anilines is 1. The highest BCUT2D eigenvalue weighted by Crippen LogP contribution is 2.19. The largest absolute Gasteiger partial charge is 0.454 e. The van der Waals surface area contributed by atoms with Crippen LogP contribution >= 0.6 is 0 Å². The van der Waals surface area contributed by atoms with Crippen LogP contribution in [-0.2, 0) is 6.54 Å². The molecular formula is C19H25N5O2. The first kappa shape index (κ1) is 17.8. The van der Waals surface area contributed by atoms with Gasteiger partial charge in [-0.1, -0.05) is 18.2 Å². The third kappa shape index (κ3) is 4.56. The number of hydrogen-bond donors (Lipinski definition) is 3. The lowest BCUT2D eigenvalue weighted by molar-refractivity contribution is 0.0972. The molecule has 0 aliphatic carbocycles. The molecule has 7 nitrogen and oxygen atoms in total. The maximum atomic E-state index is 11.1. The fraction of sp³-hybridized carbons (Fsp3) is 0.368. The number of furan rings is 1. The number of rotatable bonds is 6. The van der Waals surface area contributed by atoms with Crippen molar-refractivity contribution >= 4 is 17.6 Å². The first-order valence-electron chi connectivity index (χ1n) is 8.89. The Morgan fingerprint density at radius 3 is 2.81 bits per heavy atom. The van der Waals surface area contributed by atoms with E-state index in [1.165, 1.54) is 5.69 Å². The van der Waals surface area contributed by atoms with Crippen LogP contribution in [0.5, 0.6) is 0 Å². The molecule has 1 aliphatic heterocycles. The summed E-state index contributed by atoms with van der Waals surface area (Å²) in [6.07, 6.45) is 1.05. The second-order valence-corrected chi connectivity index (χ2v) is 6.24. The molecule has 4 N–H and O–H groups in total. The first-order valence-corrected chi connectivity index (χ1v) is 8.89. The van der Waals surface area contributed by atoms with Crippen molar-refractivity contribution in [2.45, 2.75) is 25.9 Å². The van der Waals surface area contributed by atoms with Crippen LogP contribution in [0.25, 0.3) is 0 Å². The van der Waals surface area contributed by atoms with Crippen molar-refractivity contribution in [3.05, 3.63) is 54.0 Å². The van der Waals surface area contributed by atoms with Crippen molar-refractivity contribution in [3.63, 3.8) is 0 Å². The summed E-state index contributed by atoms with van der Waals surface area (Å²) in [6, 6.07) is 14.0. The summed E-state index contributed by atoms with van der Waals surface area (Å²) in [4.78, 5) is 18.0. The zero-order chi connectivity index (χ0) is 18.4. The van der Waals surface area contributed by atoms with Gasteiger partial charge >= 0.3 is 0 Å². The van der Waals surface area contributed by atoms with Crippen LogP contribution in [-0.4, -0.2) is 37.5 Å². The Balaban J connectivity index is 1.58. The summed E-state index contributed by atoms with van der Waals surface area (Å²) >= 11 is 0. The fourth-order valence-electron chi connectivity index (χ4n) is 3.02. The highest BCUT2D eigenvalue weighted by atomic mass is 16.3. The van der Waals surface area contributed by atoms with Crippen molar-refractivity contribution in [1.29, 1.82) is 0 Å². The quantitative estimate of drug-likeness (QED) is 0.542. The molecule has 1 atom stereocenters. The van der Waals surface area contributed by atoms with Gasteiger partial charge in [0.2, 0.25) is 0 Å². The van der Waals surface area contributed by atoms with E-state index in [0.717, 1.165) is 32.0 Å². The number of benzene rings is 1. The fourth-order valence-corrected chi connectivity index (χ4v) is 3.02. The summed E-state index contributed by atoms with van der Waals surface area (Å²) in [5.41, 5.74) is 6.45. The Labute approximate surface area is 153 Å². The van der Waals surface area contributed by atoms with Gasteiger partial charge in [0.1, 0.15) is 12.3 Å². The normalized spacial score (nSPS) is 17.3. The van der Waals surface area contributed by atoms with Crippen LogP contribution in [0.3, 0.4) is 0 Å². The molecule has 1 aromatic carbocycles. The number of guanidine groups is 1. The SMILES string of the molecule is CCNC(=NCc1ccc(C(N)=O)o1)NC1CCN(c2ccccc2)C1. The maximum absolute atomic E-state index is 11.1. The Morgan fingerprint density at radius 2 is 2.12 bits per heavy atom. The van der Waals surface area contributed by atoms with Crippen LogP contribution in [0, 0.1) is 0 Å². The Morgan fingerprint density at radius 1 is 1.31 bits per heavy atom. The van der Waals surface area contributed by atoms with Gasteiger partial charge in [0.15, 0.2) is 11.7 Å². The molecule has 138 valence electrons. The van der Waals surface area contributed by atoms with E-state index >= 15 is 0 Å². The number of aliphatic imine (C=N–C) groups is 1. The predicted molar refractivity (Wildman–Crippen MR) is 102 cm³/mol. The minimum absolute atomic E-state index is 0.155. The molecule has 0 bridgehead atoms. The Hall–Kier alpha value is -2.96. The first-order chi connectivity index (χ1) is 12.7. The highest BCUT2D eigenvalue weighted by Gasteiger charge is 2.23. The van der Waals surface area contributed by atoms with E-state index in [4.69, 9.17) is 10.2 Å². The lowest BCUT2D eigenvalue weighted by Gasteiger charge is -2.20. The molecule has 1 aromatic heterocycles. The van der Waals surface area contributed by atoms with Gasteiger partial charge in [-0.25, -0.2) is 4.99 Å². The molecule has 26 heavy (non-hydrogen) atoms. The van der Waals surface area contributed by atoms with Crippen molar-refractivity contribution in [1.82, 2.24) is 10.6 Å². The van der Waals surface area contributed by atoms with E-state index in [2.05, 4.69) is 44.8 Å². The molecular weight excluding hydrogens is 330 g/mol. The van der Waals surface area contributed by atoms with Gasteiger partial charge in [0, 0.05) is 31.4 Å². The van der Waals surface area contributed by atoms with E-state index in [-0.39, 0.29) is 5.76 Å².